The molecule has 2 aromatic heterocycles. The molecule has 10 heteroatoms. The molecule has 3 aliphatic rings. The predicted molar refractivity (Wildman–Crippen MR) is 106 cm³/mol. The molecule has 2 aliphatic carbocycles. The van der Waals surface area contributed by atoms with Gasteiger partial charge < -0.3 is 15.5 Å². The van der Waals surface area contributed by atoms with E-state index in [0.29, 0.717) is 24.6 Å². The second-order valence-electron chi connectivity index (χ2n) is 9.04. The Hall–Kier alpha value is -2.78. The summed E-state index contributed by atoms with van der Waals surface area (Å²) < 4.78 is 42.2. The summed E-state index contributed by atoms with van der Waals surface area (Å²) in [6.45, 7) is 2.74. The van der Waals surface area contributed by atoms with Crippen LogP contribution in [0.5, 0.6) is 0 Å². The van der Waals surface area contributed by atoms with E-state index in [9.17, 15) is 22.8 Å². The van der Waals surface area contributed by atoms with Gasteiger partial charge in [0.05, 0.1) is 5.56 Å². The Morgan fingerprint density at radius 2 is 1.94 bits per heavy atom. The molecule has 2 saturated carbocycles. The molecule has 1 saturated heterocycles. The topological polar surface area (TPSA) is 83.9 Å². The Labute approximate surface area is 177 Å². The SMILES string of the molecule is CC1CC(N2CCN(C(=O)c3nc4c(C(F)(F)F)cc(C5CC5)cn4c3N)CC2=O)C1. The van der Waals surface area contributed by atoms with Gasteiger partial charge in [0.2, 0.25) is 5.91 Å². The van der Waals surface area contributed by atoms with Crippen molar-refractivity contribution in [2.45, 2.75) is 50.7 Å². The van der Waals surface area contributed by atoms with Gasteiger partial charge in [0.1, 0.15) is 12.4 Å². The van der Waals surface area contributed by atoms with Crippen LogP contribution < -0.4 is 5.73 Å². The first-order chi connectivity index (χ1) is 14.6. The third-order valence-electron chi connectivity index (χ3n) is 6.67. The fraction of sp³-hybridized carbons (Fsp3) is 0.571. The minimum Gasteiger partial charge on any atom is -0.383 e. The van der Waals surface area contributed by atoms with Crippen LogP contribution in [0.15, 0.2) is 12.3 Å². The third-order valence-corrected chi connectivity index (χ3v) is 6.67. The second kappa shape index (κ2) is 6.86. The standard InChI is InChI=1S/C21H24F3N5O2/c1-11-6-14(7-11)28-5-4-27(10-16(28)30)20(31)17-18(25)29-9-13(12-2-3-12)8-15(19(29)26-17)21(22,23)24/h8-9,11-12,14H,2-7,10,25H2,1H3. The van der Waals surface area contributed by atoms with Gasteiger partial charge in [0, 0.05) is 25.3 Å². The number of alkyl halides is 3. The van der Waals surface area contributed by atoms with Gasteiger partial charge in [-0.25, -0.2) is 4.98 Å². The number of imidazole rings is 1. The van der Waals surface area contributed by atoms with Crippen molar-refractivity contribution in [3.63, 3.8) is 0 Å². The number of hydrogen-bond donors (Lipinski definition) is 1. The first-order valence-corrected chi connectivity index (χ1v) is 10.6. The lowest BCUT2D eigenvalue weighted by molar-refractivity contribution is -0.140. The smallest absolute Gasteiger partial charge is 0.383 e. The molecule has 7 nitrogen and oxygen atoms in total. The fourth-order valence-electron chi connectivity index (χ4n) is 4.70. The van der Waals surface area contributed by atoms with Gasteiger partial charge >= 0.3 is 6.18 Å². The number of amides is 2. The number of nitrogens with zero attached hydrogens (tertiary/aromatic N) is 4. The Balaban J connectivity index is 1.44. The number of nitrogen functional groups attached to an aromatic ring is 1. The largest absolute Gasteiger partial charge is 0.419 e. The molecule has 0 aromatic carbocycles. The molecule has 2 aromatic rings. The molecule has 3 heterocycles. The average Bonchev–Trinajstić information content (AvgIpc) is 3.48. The maximum Gasteiger partial charge on any atom is 0.419 e. The van der Waals surface area contributed by atoms with Crippen molar-refractivity contribution >= 4 is 23.3 Å². The molecule has 0 bridgehead atoms. The molecule has 0 spiro atoms. The van der Waals surface area contributed by atoms with Crippen molar-refractivity contribution in [1.82, 2.24) is 19.2 Å². The summed E-state index contributed by atoms with van der Waals surface area (Å²) in [4.78, 5) is 32.8. The first-order valence-electron chi connectivity index (χ1n) is 10.6. The summed E-state index contributed by atoms with van der Waals surface area (Å²) in [5, 5.41) is 0. The van der Waals surface area contributed by atoms with Gasteiger partial charge in [0.25, 0.3) is 5.91 Å². The van der Waals surface area contributed by atoms with Crippen molar-refractivity contribution in [3.05, 3.63) is 29.1 Å². The summed E-state index contributed by atoms with van der Waals surface area (Å²) in [6.07, 6.45) is 0.504. The molecule has 31 heavy (non-hydrogen) atoms. The number of carbonyl (C=O) groups excluding carboxylic acids is 2. The van der Waals surface area contributed by atoms with Crippen molar-refractivity contribution < 1.29 is 22.8 Å². The number of halogens is 3. The molecular weight excluding hydrogens is 411 g/mol. The normalized spacial score (nSPS) is 24.6. The van der Waals surface area contributed by atoms with Crippen molar-refractivity contribution in [2.75, 3.05) is 25.4 Å². The molecule has 3 fully saturated rings. The number of nitrogens with two attached hydrogens (primary N) is 1. The van der Waals surface area contributed by atoms with Crippen LogP contribution in [0.2, 0.25) is 0 Å². The van der Waals surface area contributed by atoms with E-state index < -0.39 is 17.6 Å². The monoisotopic (exact) mass is 435 g/mol. The Morgan fingerprint density at radius 1 is 1.23 bits per heavy atom. The van der Waals surface area contributed by atoms with Gasteiger partial charge in [-0.2, -0.15) is 13.2 Å². The highest BCUT2D eigenvalue weighted by atomic mass is 19.4. The summed E-state index contributed by atoms with van der Waals surface area (Å²) in [7, 11) is 0. The Morgan fingerprint density at radius 3 is 2.52 bits per heavy atom. The number of fused-ring (bicyclic) bond motifs is 1. The molecule has 166 valence electrons. The lowest BCUT2D eigenvalue weighted by Crippen LogP contribution is -2.58. The zero-order valence-corrected chi connectivity index (χ0v) is 17.2. The van der Waals surface area contributed by atoms with E-state index in [4.69, 9.17) is 5.73 Å². The van der Waals surface area contributed by atoms with Crippen LogP contribution in [0.3, 0.4) is 0 Å². The summed E-state index contributed by atoms with van der Waals surface area (Å²) in [6, 6.07) is 1.32. The number of anilines is 1. The number of rotatable bonds is 3. The predicted octanol–water partition coefficient (Wildman–Crippen LogP) is 2.90. The molecule has 0 unspecified atom stereocenters. The van der Waals surface area contributed by atoms with Crippen LogP contribution in [0, 0.1) is 5.92 Å². The number of carbonyl (C=O) groups is 2. The van der Waals surface area contributed by atoms with Gasteiger partial charge in [-0.15, -0.1) is 0 Å². The van der Waals surface area contributed by atoms with E-state index >= 15 is 0 Å². The zero-order chi connectivity index (χ0) is 22.1. The number of aromatic nitrogens is 2. The Bertz CT molecular complexity index is 1070. The highest BCUT2D eigenvalue weighted by molar-refractivity contribution is 6.00. The molecule has 1 aliphatic heterocycles. The van der Waals surface area contributed by atoms with Crippen LogP contribution >= 0.6 is 0 Å². The highest BCUT2D eigenvalue weighted by Crippen LogP contribution is 2.43. The molecule has 0 radical (unpaired) electrons. The third kappa shape index (κ3) is 3.41. The van der Waals surface area contributed by atoms with Crippen molar-refractivity contribution in [1.29, 1.82) is 0 Å². The van der Waals surface area contributed by atoms with Crippen LogP contribution in [-0.2, 0) is 11.0 Å². The molecule has 2 amide bonds. The lowest BCUT2D eigenvalue weighted by atomic mass is 9.80. The zero-order valence-electron chi connectivity index (χ0n) is 17.2. The summed E-state index contributed by atoms with van der Waals surface area (Å²) in [5.41, 5.74) is 5.12. The van der Waals surface area contributed by atoms with Gasteiger partial charge in [-0.05, 0) is 49.1 Å². The van der Waals surface area contributed by atoms with E-state index in [-0.39, 0.29) is 41.6 Å². The van der Waals surface area contributed by atoms with E-state index in [1.165, 1.54) is 4.90 Å². The van der Waals surface area contributed by atoms with E-state index in [0.717, 1.165) is 36.2 Å². The molecular formula is C21H24F3N5O2. The lowest BCUT2D eigenvalue weighted by Gasteiger charge is -2.45. The number of hydrogen-bond acceptors (Lipinski definition) is 4. The van der Waals surface area contributed by atoms with Crippen molar-refractivity contribution in [3.8, 4) is 0 Å². The van der Waals surface area contributed by atoms with Crippen molar-refractivity contribution in [2.24, 2.45) is 5.92 Å². The fourth-order valence-corrected chi connectivity index (χ4v) is 4.70. The average molecular weight is 435 g/mol. The molecule has 5 rings (SSSR count). The maximum absolute atomic E-state index is 13.7. The quantitative estimate of drug-likeness (QED) is 0.804. The highest BCUT2D eigenvalue weighted by Gasteiger charge is 2.40. The van der Waals surface area contributed by atoms with Crippen LogP contribution in [0.4, 0.5) is 19.0 Å². The van der Waals surface area contributed by atoms with Crippen LogP contribution in [-0.4, -0.2) is 56.7 Å². The maximum atomic E-state index is 13.7. The summed E-state index contributed by atoms with van der Waals surface area (Å²) >= 11 is 0. The first kappa shape index (κ1) is 20.1. The Kier molecular flexibility index (Phi) is 4.46. The van der Waals surface area contributed by atoms with Crippen LogP contribution in [0.25, 0.3) is 5.65 Å². The minimum atomic E-state index is -4.62. The molecule has 2 N–H and O–H groups in total. The van der Waals surface area contributed by atoms with E-state index in [1.54, 1.807) is 11.1 Å². The van der Waals surface area contributed by atoms with Gasteiger partial charge in [-0.3, -0.25) is 14.0 Å². The van der Waals surface area contributed by atoms with E-state index in [2.05, 4.69) is 11.9 Å². The van der Waals surface area contributed by atoms with Gasteiger partial charge in [-0.1, -0.05) is 6.92 Å². The minimum absolute atomic E-state index is 0.0753. The molecule has 0 atom stereocenters. The van der Waals surface area contributed by atoms with Gasteiger partial charge in [0.15, 0.2) is 11.3 Å². The number of pyridine rings is 1. The van der Waals surface area contributed by atoms with Crippen LogP contribution in [0.1, 0.15) is 60.1 Å². The van der Waals surface area contributed by atoms with E-state index in [1.807, 2.05) is 0 Å². The number of piperazine rings is 1. The second-order valence-corrected chi connectivity index (χ2v) is 9.04. The summed E-state index contributed by atoms with van der Waals surface area (Å²) in [5.74, 6) is -0.219.